The van der Waals surface area contributed by atoms with Gasteiger partial charge in [-0.15, -0.1) is 0 Å². The van der Waals surface area contributed by atoms with E-state index < -0.39 is 0 Å². The molecule has 0 N–H and O–H groups in total. The number of benzene rings is 2. The molecule has 7 heteroatoms. The molecule has 2 aliphatic heterocycles. The highest BCUT2D eigenvalue weighted by atomic mass is 32.2. The van der Waals surface area contributed by atoms with Gasteiger partial charge in [-0.3, -0.25) is 14.8 Å². The lowest BCUT2D eigenvalue weighted by atomic mass is 10.2. The van der Waals surface area contributed by atoms with E-state index in [0.29, 0.717) is 31.9 Å². The second-order valence-electron chi connectivity index (χ2n) is 7.06. The summed E-state index contributed by atoms with van der Waals surface area (Å²) >= 11 is 1.36. The van der Waals surface area contributed by atoms with Crippen molar-refractivity contribution in [3.05, 3.63) is 54.1 Å². The van der Waals surface area contributed by atoms with E-state index in [0.717, 1.165) is 29.4 Å². The molecule has 1 amide bonds. The number of carbonyl (C=O) groups is 1. The average molecular weight is 409 g/mol. The fraction of sp³-hybridized carbons (Fsp3) is 0.318. The summed E-state index contributed by atoms with van der Waals surface area (Å²) in [5.41, 5.74) is 2.86. The molecule has 0 aromatic heterocycles. The molecule has 6 nitrogen and oxygen atoms in total. The van der Waals surface area contributed by atoms with Crippen LogP contribution in [0.5, 0.6) is 5.75 Å². The monoisotopic (exact) mass is 408 g/mol. The standard InChI is InChI=1S/C22H24N4O2S/c1-17-2-8-20(9-3-17)29-28-19-6-4-18(5-7-19)25-12-14-26(15-13-25)22(27)21-16-23-10-11-24-21/h2-9,16H,10-15H2,1H3. The molecule has 2 aromatic carbocycles. The van der Waals surface area contributed by atoms with E-state index in [1.54, 1.807) is 6.21 Å². The Hall–Kier alpha value is -2.80. The summed E-state index contributed by atoms with van der Waals surface area (Å²) < 4.78 is 5.81. The van der Waals surface area contributed by atoms with E-state index in [1.165, 1.54) is 17.6 Å². The molecule has 0 atom stereocenters. The first kappa shape index (κ1) is 19.5. The zero-order valence-electron chi connectivity index (χ0n) is 16.5. The van der Waals surface area contributed by atoms with Crippen LogP contribution in [0.1, 0.15) is 5.56 Å². The van der Waals surface area contributed by atoms with E-state index in [4.69, 9.17) is 4.18 Å². The molecular weight excluding hydrogens is 384 g/mol. The SMILES string of the molecule is Cc1ccc(SOc2ccc(N3CCN(C(=O)C4=NCCN=C4)CC3)cc2)cc1. The van der Waals surface area contributed by atoms with Crippen LogP contribution in [0, 0.1) is 6.92 Å². The van der Waals surface area contributed by atoms with Gasteiger partial charge in [0.1, 0.15) is 11.5 Å². The number of hydrogen-bond acceptors (Lipinski definition) is 6. The first-order valence-corrected chi connectivity index (χ1v) is 10.5. The van der Waals surface area contributed by atoms with Crippen LogP contribution in [-0.4, -0.2) is 62.0 Å². The normalized spacial score (nSPS) is 16.5. The maximum atomic E-state index is 12.5. The summed E-state index contributed by atoms with van der Waals surface area (Å²) in [7, 11) is 0. The third-order valence-corrected chi connectivity index (χ3v) is 5.71. The molecule has 4 rings (SSSR count). The minimum Gasteiger partial charge on any atom is -0.421 e. The quantitative estimate of drug-likeness (QED) is 0.713. The third-order valence-electron chi connectivity index (χ3n) is 4.97. The number of nitrogens with zero attached hydrogens (tertiary/aromatic N) is 4. The van der Waals surface area contributed by atoms with Crippen molar-refractivity contribution < 1.29 is 8.98 Å². The van der Waals surface area contributed by atoms with Crippen LogP contribution in [0.2, 0.25) is 0 Å². The van der Waals surface area contributed by atoms with E-state index in [-0.39, 0.29) is 5.91 Å². The summed E-state index contributed by atoms with van der Waals surface area (Å²) in [5.74, 6) is 0.813. The Labute approximate surface area is 175 Å². The van der Waals surface area contributed by atoms with Crippen LogP contribution in [0.15, 0.2) is 63.4 Å². The molecule has 0 spiro atoms. The molecule has 150 valence electrons. The Bertz CT molecular complexity index is 901. The van der Waals surface area contributed by atoms with Crippen molar-refractivity contribution >= 4 is 35.6 Å². The Balaban J connectivity index is 1.28. The number of anilines is 1. The van der Waals surface area contributed by atoms with Crippen LogP contribution < -0.4 is 9.08 Å². The molecule has 2 aliphatic rings. The lowest BCUT2D eigenvalue weighted by Gasteiger charge is -2.36. The van der Waals surface area contributed by atoms with Gasteiger partial charge in [-0.05, 0) is 43.3 Å². The Kier molecular flexibility index (Phi) is 6.14. The number of rotatable bonds is 5. The van der Waals surface area contributed by atoms with E-state index >= 15 is 0 Å². The largest absolute Gasteiger partial charge is 0.421 e. The zero-order valence-corrected chi connectivity index (χ0v) is 17.3. The first-order chi connectivity index (χ1) is 14.2. The predicted molar refractivity (Wildman–Crippen MR) is 119 cm³/mol. The topological polar surface area (TPSA) is 57.5 Å². The highest BCUT2D eigenvalue weighted by Crippen LogP contribution is 2.26. The van der Waals surface area contributed by atoms with Crippen LogP contribution in [0.4, 0.5) is 5.69 Å². The second-order valence-corrected chi connectivity index (χ2v) is 7.86. The number of carbonyl (C=O) groups excluding carboxylic acids is 1. The summed E-state index contributed by atoms with van der Waals surface area (Å²) in [5, 5.41) is 0. The van der Waals surface area contributed by atoms with Gasteiger partial charge >= 0.3 is 0 Å². The fourth-order valence-electron chi connectivity index (χ4n) is 3.28. The predicted octanol–water partition coefficient (Wildman–Crippen LogP) is 3.26. The van der Waals surface area contributed by atoms with E-state index in [2.05, 4.69) is 58.2 Å². The van der Waals surface area contributed by atoms with Gasteiger partial charge in [0.2, 0.25) is 0 Å². The molecule has 0 aliphatic carbocycles. The molecule has 0 bridgehead atoms. The van der Waals surface area contributed by atoms with Gasteiger partial charge in [-0.1, -0.05) is 17.7 Å². The van der Waals surface area contributed by atoms with Gasteiger partial charge in [0, 0.05) is 36.8 Å². The minimum atomic E-state index is -0.00928. The second kappa shape index (κ2) is 9.13. The van der Waals surface area contributed by atoms with Crippen LogP contribution in [-0.2, 0) is 4.79 Å². The van der Waals surface area contributed by atoms with Gasteiger partial charge in [-0.25, -0.2) is 0 Å². The highest BCUT2D eigenvalue weighted by molar-refractivity contribution is 7.95. The minimum absolute atomic E-state index is 0.00928. The smallest absolute Gasteiger partial charge is 0.273 e. The number of piperazine rings is 1. The van der Waals surface area contributed by atoms with Crippen molar-refractivity contribution in [1.82, 2.24) is 4.90 Å². The number of amides is 1. The van der Waals surface area contributed by atoms with Crippen molar-refractivity contribution in [1.29, 1.82) is 0 Å². The van der Waals surface area contributed by atoms with Crippen molar-refractivity contribution in [2.24, 2.45) is 9.98 Å². The number of aliphatic imine (C=N–C) groups is 2. The summed E-state index contributed by atoms with van der Waals surface area (Å²) in [6.45, 7) is 6.33. The van der Waals surface area contributed by atoms with Crippen molar-refractivity contribution in [3.63, 3.8) is 0 Å². The Morgan fingerprint density at radius 2 is 1.69 bits per heavy atom. The lowest BCUT2D eigenvalue weighted by Crippen LogP contribution is -2.51. The van der Waals surface area contributed by atoms with E-state index in [1.807, 2.05) is 17.0 Å². The zero-order chi connectivity index (χ0) is 20.1. The average Bonchev–Trinajstić information content (AvgIpc) is 2.79. The molecule has 0 radical (unpaired) electrons. The summed E-state index contributed by atoms with van der Waals surface area (Å²) in [6.07, 6.45) is 1.60. The van der Waals surface area contributed by atoms with Gasteiger partial charge in [0.25, 0.3) is 5.91 Å². The van der Waals surface area contributed by atoms with Crippen molar-refractivity contribution in [3.8, 4) is 5.75 Å². The van der Waals surface area contributed by atoms with Crippen LogP contribution in [0.25, 0.3) is 0 Å². The van der Waals surface area contributed by atoms with Gasteiger partial charge in [0.05, 0.1) is 31.3 Å². The Morgan fingerprint density at radius 1 is 0.966 bits per heavy atom. The lowest BCUT2D eigenvalue weighted by molar-refractivity contribution is -0.124. The number of aryl methyl sites for hydroxylation is 1. The molecule has 2 aromatic rings. The van der Waals surface area contributed by atoms with Gasteiger partial charge in [-0.2, -0.15) is 0 Å². The molecule has 0 unspecified atom stereocenters. The van der Waals surface area contributed by atoms with Crippen LogP contribution in [0.3, 0.4) is 0 Å². The maximum absolute atomic E-state index is 12.5. The van der Waals surface area contributed by atoms with Gasteiger partial charge in [0.15, 0.2) is 0 Å². The third kappa shape index (κ3) is 4.98. The Morgan fingerprint density at radius 3 is 2.34 bits per heavy atom. The maximum Gasteiger partial charge on any atom is 0.273 e. The van der Waals surface area contributed by atoms with E-state index in [9.17, 15) is 4.79 Å². The summed E-state index contributed by atoms with van der Waals surface area (Å²) in [6, 6.07) is 16.4. The molecule has 2 heterocycles. The van der Waals surface area contributed by atoms with Crippen molar-refractivity contribution in [2.45, 2.75) is 11.8 Å². The molecule has 1 saturated heterocycles. The van der Waals surface area contributed by atoms with Crippen LogP contribution >= 0.6 is 12.0 Å². The molecule has 0 saturated carbocycles. The molecular formula is C22H24N4O2S. The highest BCUT2D eigenvalue weighted by Gasteiger charge is 2.24. The van der Waals surface area contributed by atoms with Crippen molar-refractivity contribution in [2.75, 3.05) is 44.2 Å². The fourth-order valence-corrected chi connectivity index (χ4v) is 3.83. The summed E-state index contributed by atoms with van der Waals surface area (Å²) in [4.78, 5) is 26.2. The first-order valence-electron chi connectivity index (χ1n) is 9.79. The number of hydrogen-bond donors (Lipinski definition) is 0. The molecule has 1 fully saturated rings. The van der Waals surface area contributed by atoms with Gasteiger partial charge < -0.3 is 14.0 Å². The molecule has 29 heavy (non-hydrogen) atoms.